The Labute approximate surface area is 204 Å². The van der Waals surface area contributed by atoms with Crippen LogP contribution >= 0.6 is 35.6 Å². The Balaban J connectivity index is 0.00000341. The normalized spacial score (nSPS) is 18.7. The highest BCUT2D eigenvalue weighted by molar-refractivity contribution is 14.0. The van der Waals surface area contributed by atoms with Crippen molar-refractivity contribution >= 4 is 47.5 Å². The first-order chi connectivity index (χ1) is 14.6. The maximum atomic E-state index is 11.9. The van der Waals surface area contributed by atoms with Gasteiger partial charge in [-0.3, -0.25) is 9.79 Å². The lowest BCUT2D eigenvalue weighted by molar-refractivity contribution is -0.149. The van der Waals surface area contributed by atoms with Gasteiger partial charge in [0.15, 0.2) is 5.96 Å². The van der Waals surface area contributed by atoms with Gasteiger partial charge in [-0.15, -0.1) is 24.0 Å². The molecule has 170 valence electrons. The number of halogens is 2. The number of nitrogens with zero attached hydrogens (tertiary/aromatic N) is 3. The quantitative estimate of drug-likeness (QED) is 0.229. The maximum Gasteiger partial charge on any atom is 0.308 e. The highest BCUT2D eigenvalue weighted by Gasteiger charge is 2.27. The molecule has 31 heavy (non-hydrogen) atoms. The predicted octanol–water partition coefficient (Wildman–Crippen LogP) is 3.84. The molecule has 0 spiro atoms. The molecule has 1 aliphatic carbocycles. The third-order valence-corrected chi connectivity index (χ3v) is 5.37. The lowest BCUT2D eigenvalue weighted by Gasteiger charge is -2.29. The van der Waals surface area contributed by atoms with E-state index in [1.54, 1.807) is 19.2 Å². The number of carbonyl (C=O) groups excluding carboxylic acids is 1. The summed E-state index contributed by atoms with van der Waals surface area (Å²) in [7, 11) is 1.74. The molecule has 1 aromatic carbocycles. The number of aliphatic imine (C=N–C) groups is 1. The second-order valence-corrected chi connectivity index (χ2v) is 7.65. The van der Waals surface area contributed by atoms with Crippen LogP contribution in [-0.2, 0) is 16.0 Å². The standard InChI is InChI=1S/C21H28ClN5O3.HI/c1-3-29-20(28)15-6-10-17(11-7-15)25-21(23-2)24-13-12-18-26-19(27-30-18)14-4-8-16(22)9-5-14;/h4-5,8-9,15,17H,3,6-7,10-13H2,1-2H3,(H2,23,24,25);1H. The third-order valence-electron chi connectivity index (χ3n) is 5.11. The summed E-state index contributed by atoms with van der Waals surface area (Å²) in [5, 5.41) is 11.4. The topological polar surface area (TPSA) is 102 Å². The second kappa shape index (κ2) is 12.8. The summed E-state index contributed by atoms with van der Waals surface area (Å²) >= 11 is 5.91. The minimum Gasteiger partial charge on any atom is -0.466 e. The van der Waals surface area contributed by atoms with Crippen LogP contribution in [-0.4, -0.2) is 48.3 Å². The Bertz CT molecular complexity index is 851. The Morgan fingerprint density at radius 3 is 2.61 bits per heavy atom. The van der Waals surface area contributed by atoms with Crippen molar-refractivity contribution < 1.29 is 14.1 Å². The van der Waals surface area contributed by atoms with Gasteiger partial charge in [0, 0.05) is 36.6 Å². The molecule has 1 aliphatic rings. The van der Waals surface area contributed by atoms with Crippen LogP contribution in [0.15, 0.2) is 33.8 Å². The number of rotatable bonds is 7. The molecule has 2 N–H and O–H groups in total. The van der Waals surface area contributed by atoms with Crippen molar-refractivity contribution in [3.05, 3.63) is 35.2 Å². The highest BCUT2D eigenvalue weighted by Crippen LogP contribution is 2.25. The molecular formula is C21H29ClIN5O3. The predicted molar refractivity (Wildman–Crippen MR) is 131 cm³/mol. The van der Waals surface area contributed by atoms with E-state index < -0.39 is 0 Å². The summed E-state index contributed by atoms with van der Waals surface area (Å²) in [6.45, 7) is 2.89. The van der Waals surface area contributed by atoms with Crippen LogP contribution in [0.2, 0.25) is 5.02 Å². The van der Waals surface area contributed by atoms with Crippen molar-refractivity contribution in [2.45, 2.75) is 45.1 Å². The number of carbonyl (C=O) groups is 1. The van der Waals surface area contributed by atoms with Crippen LogP contribution in [0, 0.1) is 5.92 Å². The van der Waals surface area contributed by atoms with E-state index in [9.17, 15) is 4.79 Å². The minimum absolute atomic E-state index is 0. The molecule has 0 saturated heterocycles. The van der Waals surface area contributed by atoms with Gasteiger partial charge in [0.1, 0.15) is 0 Å². The lowest BCUT2D eigenvalue weighted by atomic mass is 9.86. The SMILES string of the molecule is CCOC(=O)C1CCC(NC(=NC)NCCc2nc(-c3ccc(Cl)cc3)no2)CC1.I. The highest BCUT2D eigenvalue weighted by atomic mass is 127. The summed E-state index contributed by atoms with van der Waals surface area (Å²) in [6, 6.07) is 7.60. The monoisotopic (exact) mass is 561 g/mol. The van der Waals surface area contributed by atoms with Crippen LogP contribution in [0.25, 0.3) is 11.4 Å². The summed E-state index contributed by atoms with van der Waals surface area (Å²) in [5.74, 6) is 1.77. The molecule has 8 nitrogen and oxygen atoms in total. The Hall–Kier alpha value is -1.88. The zero-order valence-corrected chi connectivity index (χ0v) is 20.9. The van der Waals surface area contributed by atoms with Crippen LogP contribution in [0.4, 0.5) is 0 Å². The molecule has 0 atom stereocenters. The van der Waals surface area contributed by atoms with Gasteiger partial charge in [0.25, 0.3) is 0 Å². The molecule has 2 aromatic rings. The molecule has 0 unspecified atom stereocenters. The fraction of sp³-hybridized carbons (Fsp3) is 0.524. The van der Waals surface area contributed by atoms with Crippen molar-refractivity contribution in [3.8, 4) is 11.4 Å². The lowest BCUT2D eigenvalue weighted by Crippen LogP contribution is -2.45. The van der Waals surface area contributed by atoms with Crippen molar-refractivity contribution in [3.63, 3.8) is 0 Å². The molecule has 10 heteroatoms. The first kappa shape index (κ1) is 25.4. The zero-order valence-electron chi connectivity index (χ0n) is 17.8. The molecule has 1 fully saturated rings. The largest absolute Gasteiger partial charge is 0.466 e. The van der Waals surface area contributed by atoms with E-state index in [0.29, 0.717) is 42.4 Å². The van der Waals surface area contributed by atoms with Gasteiger partial charge in [-0.1, -0.05) is 16.8 Å². The van der Waals surface area contributed by atoms with E-state index >= 15 is 0 Å². The van der Waals surface area contributed by atoms with E-state index in [1.165, 1.54) is 0 Å². The molecule has 3 rings (SSSR count). The molecule has 0 amide bonds. The average molecular weight is 562 g/mol. The smallest absolute Gasteiger partial charge is 0.308 e. The number of guanidine groups is 1. The van der Waals surface area contributed by atoms with Gasteiger partial charge in [-0.05, 0) is 56.9 Å². The number of esters is 1. The molecule has 0 aliphatic heterocycles. The van der Waals surface area contributed by atoms with Crippen LogP contribution in [0.3, 0.4) is 0 Å². The Morgan fingerprint density at radius 1 is 1.26 bits per heavy atom. The molecule has 1 aromatic heterocycles. The number of benzene rings is 1. The van der Waals surface area contributed by atoms with Crippen molar-refractivity contribution in [1.29, 1.82) is 0 Å². The van der Waals surface area contributed by atoms with Gasteiger partial charge in [-0.2, -0.15) is 4.98 Å². The van der Waals surface area contributed by atoms with E-state index in [-0.39, 0.29) is 35.9 Å². The van der Waals surface area contributed by atoms with E-state index in [4.69, 9.17) is 20.9 Å². The number of hydrogen-bond donors (Lipinski definition) is 2. The van der Waals surface area contributed by atoms with Crippen molar-refractivity contribution in [1.82, 2.24) is 20.8 Å². The number of ether oxygens (including phenoxy) is 1. The summed E-state index contributed by atoms with van der Waals surface area (Å²) in [4.78, 5) is 20.6. The van der Waals surface area contributed by atoms with E-state index in [0.717, 1.165) is 37.2 Å². The van der Waals surface area contributed by atoms with E-state index in [2.05, 4.69) is 25.8 Å². The van der Waals surface area contributed by atoms with E-state index in [1.807, 2.05) is 19.1 Å². The maximum absolute atomic E-state index is 11.9. The Kier molecular flexibility index (Phi) is 10.5. The minimum atomic E-state index is -0.0732. The first-order valence-electron chi connectivity index (χ1n) is 10.3. The second-order valence-electron chi connectivity index (χ2n) is 7.21. The van der Waals surface area contributed by atoms with Crippen molar-refractivity contribution in [2.75, 3.05) is 20.2 Å². The average Bonchev–Trinajstić information content (AvgIpc) is 3.23. The molecule has 1 saturated carbocycles. The number of hydrogen-bond acceptors (Lipinski definition) is 6. The fourth-order valence-corrected chi connectivity index (χ4v) is 3.61. The number of aromatic nitrogens is 2. The van der Waals surface area contributed by atoms with Crippen LogP contribution in [0.5, 0.6) is 0 Å². The fourth-order valence-electron chi connectivity index (χ4n) is 3.48. The summed E-state index contributed by atoms with van der Waals surface area (Å²) < 4.78 is 10.5. The van der Waals surface area contributed by atoms with Gasteiger partial charge < -0.3 is 19.9 Å². The third kappa shape index (κ3) is 7.64. The summed E-state index contributed by atoms with van der Waals surface area (Å²) in [6.07, 6.45) is 4.08. The molecule has 0 bridgehead atoms. The van der Waals surface area contributed by atoms with Gasteiger partial charge >= 0.3 is 5.97 Å². The first-order valence-corrected chi connectivity index (χ1v) is 10.7. The van der Waals surface area contributed by atoms with Gasteiger partial charge in [-0.25, -0.2) is 0 Å². The van der Waals surface area contributed by atoms with Crippen molar-refractivity contribution in [2.24, 2.45) is 10.9 Å². The van der Waals surface area contributed by atoms with Crippen LogP contribution < -0.4 is 10.6 Å². The molecule has 1 heterocycles. The number of nitrogens with one attached hydrogen (secondary N) is 2. The van der Waals surface area contributed by atoms with Gasteiger partial charge in [0.2, 0.25) is 11.7 Å². The summed E-state index contributed by atoms with van der Waals surface area (Å²) in [5.41, 5.74) is 0.859. The van der Waals surface area contributed by atoms with Crippen LogP contribution in [0.1, 0.15) is 38.5 Å². The van der Waals surface area contributed by atoms with Gasteiger partial charge in [0.05, 0.1) is 12.5 Å². The molecular weight excluding hydrogens is 533 g/mol. The zero-order chi connectivity index (χ0) is 21.3. The Morgan fingerprint density at radius 2 is 1.97 bits per heavy atom. The molecule has 0 radical (unpaired) electrons.